The number of hydrogen-bond donors (Lipinski definition) is 1. The average molecular weight is 386 g/mol. The number of hydrazone groups is 1. The molecule has 1 aromatic heterocycles. The van der Waals surface area contributed by atoms with Gasteiger partial charge in [0, 0.05) is 0 Å². The highest BCUT2D eigenvalue weighted by Crippen LogP contribution is 2.26. The Morgan fingerprint density at radius 3 is 2.76 bits per heavy atom. The first-order valence-electron chi connectivity index (χ1n) is 6.89. The number of nitro groups is 1. The van der Waals surface area contributed by atoms with Crippen LogP contribution in [-0.4, -0.2) is 33.9 Å². The van der Waals surface area contributed by atoms with Gasteiger partial charge in [-0.2, -0.15) is 5.10 Å². The number of carbonyl (C=O) groups excluding carboxylic acids is 1. The van der Waals surface area contributed by atoms with Gasteiger partial charge in [-0.1, -0.05) is 29.3 Å². The molecule has 2 aromatic rings. The fraction of sp³-hybridized carbons (Fsp3) is 0.214. The molecule has 132 valence electrons. The van der Waals surface area contributed by atoms with Crippen molar-refractivity contribution >= 4 is 41.0 Å². The average Bonchev–Trinajstić information content (AvgIpc) is 3.02. The molecule has 0 unspecified atom stereocenters. The summed E-state index contributed by atoms with van der Waals surface area (Å²) in [4.78, 5) is 22.3. The summed E-state index contributed by atoms with van der Waals surface area (Å²) in [5, 5.41) is 19.3. The highest BCUT2D eigenvalue weighted by Gasteiger charge is 2.25. The van der Waals surface area contributed by atoms with Crippen LogP contribution in [0.2, 0.25) is 10.0 Å². The maximum atomic E-state index is 12.1. The molecule has 1 atom stereocenters. The Morgan fingerprint density at radius 2 is 2.20 bits per heavy atom. The van der Waals surface area contributed by atoms with E-state index in [1.807, 2.05) is 0 Å². The maximum absolute atomic E-state index is 12.1. The smallest absolute Gasteiger partial charge is 0.350 e. The van der Waals surface area contributed by atoms with Crippen molar-refractivity contribution in [2.45, 2.75) is 13.0 Å². The summed E-state index contributed by atoms with van der Waals surface area (Å²) in [6.07, 6.45) is 2.50. The van der Waals surface area contributed by atoms with E-state index in [1.54, 1.807) is 18.2 Å². The largest absolute Gasteiger partial charge is 0.475 e. The van der Waals surface area contributed by atoms with Gasteiger partial charge in [0.2, 0.25) is 0 Å². The molecule has 0 saturated heterocycles. The number of hydrogen-bond acceptors (Lipinski definition) is 6. The van der Waals surface area contributed by atoms with Crippen LogP contribution < -0.4 is 10.2 Å². The monoisotopic (exact) mass is 385 g/mol. The molecule has 0 radical (unpaired) electrons. The molecule has 1 amide bonds. The lowest BCUT2D eigenvalue weighted by Crippen LogP contribution is -2.27. The normalized spacial score (nSPS) is 12.2. The number of amides is 1. The lowest BCUT2D eigenvalue weighted by Gasteiger charge is -2.09. The quantitative estimate of drug-likeness (QED) is 0.466. The van der Waals surface area contributed by atoms with Crippen molar-refractivity contribution in [1.29, 1.82) is 0 Å². The third-order valence-corrected chi connectivity index (χ3v) is 3.92. The molecular weight excluding hydrogens is 373 g/mol. The first-order valence-corrected chi connectivity index (χ1v) is 7.64. The molecule has 11 heteroatoms. The fourth-order valence-corrected chi connectivity index (χ4v) is 2.12. The van der Waals surface area contributed by atoms with E-state index < -0.39 is 16.9 Å². The molecule has 0 aliphatic carbocycles. The van der Waals surface area contributed by atoms with E-state index in [0.29, 0.717) is 15.6 Å². The van der Waals surface area contributed by atoms with Crippen molar-refractivity contribution in [3.8, 4) is 5.88 Å². The summed E-state index contributed by atoms with van der Waals surface area (Å²) in [5.74, 6) is -0.694. The molecule has 0 spiro atoms. The minimum atomic E-state index is -0.839. The van der Waals surface area contributed by atoms with Gasteiger partial charge in [0.25, 0.3) is 5.91 Å². The maximum Gasteiger partial charge on any atom is 0.350 e. The predicted octanol–water partition coefficient (Wildman–Crippen LogP) is 2.82. The first kappa shape index (κ1) is 18.7. The molecule has 0 saturated carbocycles. The lowest BCUT2D eigenvalue weighted by atomic mass is 10.2. The number of halogens is 2. The highest BCUT2D eigenvalue weighted by atomic mass is 35.5. The number of aromatic nitrogens is 2. The number of benzene rings is 1. The Balaban J connectivity index is 2.06. The van der Waals surface area contributed by atoms with Gasteiger partial charge in [0.15, 0.2) is 0 Å². The third-order valence-electron chi connectivity index (χ3n) is 3.18. The van der Waals surface area contributed by atoms with Crippen LogP contribution in [-0.2, 0) is 4.79 Å². The molecular formula is C14H13Cl2N5O4. The molecule has 0 bridgehead atoms. The molecule has 25 heavy (non-hydrogen) atoms. The second kappa shape index (κ2) is 7.95. The van der Waals surface area contributed by atoms with Crippen LogP contribution in [0.25, 0.3) is 0 Å². The van der Waals surface area contributed by atoms with Crippen LogP contribution in [0.4, 0.5) is 5.69 Å². The summed E-state index contributed by atoms with van der Waals surface area (Å²) in [7, 11) is 1.26. The fourth-order valence-electron chi connectivity index (χ4n) is 1.81. The van der Waals surface area contributed by atoms with Crippen molar-refractivity contribution in [3.63, 3.8) is 0 Å². The summed E-state index contributed by atoms with van der Waals surface area (Å²) in [5.41, 5.74) is 2.63. The number of methoxy groups -OCH3 is 1. The van der Waals surface area contributed by atoms with Crippen molar-refractivity contribution in [1.82, 2.24) is 15.2 Å². The summed E-state index contributed by atoms with van der Waals surface area (Å²) < 4.78 is 5.94. The second-order valence-electron chi connectivity index (χ2n) is 4.84. The van der Waals surface area contributed by atoms with E-state index in [1.165, 1.54) is 20.2 Å². The van der Waals surface area contributed by atoms with Gasteiger partial charge >= 0.3 is 11.6 Å². The van der Waals surface area contributed by atoms with E-state index >= 15 is 0 Å². The molecule has 2 rings (SSSR count). The van der Waals surface area contributed by atoms with Crippen LogP contribution in [0.3, 0.4) is 0 Å². The van der Waals surface area contributed by atoms with Crippen molar-refractivity contribution < 1.29 is 14.5 Å². The van der Waals surface area contributed by atoms with Gasteiger partial charge in [0.1, 0.15) is 12.2 Å². The zero-order valence-corrected chi connectivity index (χ0v) is 14.7. The SMILES string of the molecule is COc1nn([C@H](C)C(=O)NN=Cc2ccc(Cl)c(Cl)c2)cc1[N+](=O)[O-]. The van der Waals surface area contributed by atoms with Gasteiger partial charge < -0.3 is 4.74 Å². The Hall–Kier alpha value is -2.65. The summed E-state index contributed by atoms with van der Waals surface area (Å²) in [6, 6.07) is 4.03. The summed E-state index contributed by atoms with van der Waals surface area (Å²) >= 11 is 11.7. The Bertz CT molecular complexity index is 837. The molecule has 0 aliphatic rings. The Labute approximate surface area is 152 Å². The zero-order chi connectivity index (χ0) is 18.6. The molecule has 9 nitrogen and oxygen atoms in total. The van der Waals surface area contributed by atoms with Crippen molar-refractivity contribution in [2.75, 3.05) is 7.11 Å². The number of carbonyl (C=O) groups is 1. The molecule has 1 N–H and O–H groups in total. The van der Waals surface area contributed by atoms with E-state index in [-0.39, 0.29) is 11.6 Å². The molecule has 0 fully saturated rings. The van der Waals surface area contributed by atoms with E-state index in [4.69, 9.17) is 27.9 Å². The van der Waals surface area contributed by atoms with E-state index in [2.05, 4.69) is 15.6 Å². The first-order chi connectivity index (χ1) is 11.8. The number of nitrogens with zero attached hydrogens (tertiary/aromatic N) is 4. The Kier molecular flexibility index (Phi) is 5.94. The number of ether oxygens (including phenoxy) is 1. The number of nitrogens with one attached hydrogen (secondary N) is 1. The van der Waals surface area contributed by atoms with E-state index in [0.717, 1.165) is 10.9 Å². The van der Waals surface area contributed by atoms with Crippen LogP contribution in [0, 0.1) is 10.1 Å². The minimum absolute atomic E-state index is 0.177. The van der Waals surface area contributed by atoms with Crippen molar-refractivity contribution in [3.05, 3.63) is 50.1 Å². The zero-order valence-electron chi connectivity index (χ0n) is 13.1. The van der Waals surface area contributed by atoms with Crippen LogP contribution in [0.15, 0.2) is 29.5 Å². The minimum Gasteiger partial charge on any atom is -0.475 e. The van der Waals surface area contributed by atoms with Gasteiger partial charge in [-0.15, -0.1) is 5.10 Å². The number of rotatable bonds is 6. The van der Waals surface area contributed by atoms with Crippen LogP contribution in [0.1, 0.15) is 18.5 Å². The predicted molar refractivity (Wildman–Crippen MR) is 92.3 cm³/mol. The molecule has 1 aromatic carbocycles. The van der Waals surface area contributed by atoms with Crippen molar-refractivity contribution in [2.24, 2.45) is 5.10 Å². The second-order valence-corrected chi connectivity index (χ2v) is 5.66. The van der Waals surface area contributed by atoms with E-state index in [9.17, 15) is 14.9 Å². The summed E-state index contributed by atoms with van der Waals surface area (Å²) in [6.45, 7) is 1.51. The lowest BCUT2D eigenvalue weighted by molar-refractivity contribution is -0.385. The Morgan fingerprint density at radius 1 is 1.48 bits per heavy atom. The van der Waals surface area contributed by atoms with Crippen LogP contribution in [0.5, 0.6) is 5.88 Å². The topological polar surface area (TPSA) is 112 Å². The van der Waals surface area contributed by atoms with Gasteiger partial charge in [-0.3, -0.25) is 14.9 Å². The van der Waals surface area contributed by atoms with Gasteiger partial charge in [-0.05, 0) is 24.6 Å². The standard InChI is InChI=1S/C14H13Cl2N5O4/c1-8(20-7-12(21(23)24)14(19-20)25-2)13(22)18-17-6-9-3-4-10(15)11(16)5-9/h3-8H,1-2H3,(H,18,22)/t8-/m1/s1. The highest BCUT2D eigenvalue weighted by molar-refractivity contribution is 6.42. The third kappa shape index (κ3) is 4.46. The van der Waals surface area contributed by atoms with Gasteiger partial charge in [0.05, 0.1) is 28.3 Å². The van der Waals surface area contributed by atoms with Crippen LogP contribution >= 0.6 is 23.2 Å². The van der Waals surface area contributed by atoms with Gasteiger partial charge in [-0.25, -0.2) is 10.1 Å². The molecule has 1 heterocycles. The molecule has 0 aliphatic heterocycles.